The zero-order chi connectivity index (χ0) is 14.3. The first kappa shape index (κ1) is 15.4. The summed E-state index contributed by atoms with van der Waals surface area (Å²) in [6.07, 6.45) is -5.08. The number of rotatable bonds is 1. The minimum absolute atomic E-state index is 0.365. The number of carbonyl (C=O) groups is 2. The highest BCUT2D eigenvalue weighted by Gasteiger charge is 2.38. The smallest absolute Gasteiger partial charge is 0.475 e. The summed E-state index contributed by atoms with van der Waals surface area (Å²) < 4.78 is 31.7. The lowest BCUT2D eigenvalue weighted by Crippen LogP contribution is -2.21. The number of carbonyl (C=O) groups excluding carboxylic acids is 1. The SMILES string of the molecule is N#Cc1cccc(C(N)=O)c1.O=C(O)C(F)(F)F. The lowest BCUT2D eigenvalue weighted by atomic mass is 10.1. The zero-order valence-electron chi connectivity index (χ0n) is 8.73. The molecular formula is C10H7F3N2O3. The van der Waals surface area contributed by atoms with Gasteiger partial charge in [-0.1, -0.05) is 6.07 Å². The number of primary amides is 1. The summed E-state index contributed by atoms with van der Waals surface area (Å²) in [5, 5.41) is 15.6. The van der Waals surface area contributed by atoms with Crippen LogP contribution < -0.4 is 5.73 Å². The van der Waals surface area contributed by atoms with Crippen LogP contribution in [0.15, 0.2) is 24.3 Å². The minimum atomic E-state index is -5.08. The molecular weight excluding hydrogens is 253 g/mol. The van der Waals surface area contributed by atoms with Crippen molar-refractivity contribution in [1.82, 2.24) is 0 Å². The number of halogens is 3. The maximum Gasteiger partial charge on any atom is 0.490 e. The van der Waals surface area contributed by atoms with Crippen LogP contribution in [0.1, 0.15) is 15.9 Å². The van der Waals surface area contributed by atoms with Gasteiger partial charge in [0, 0.05) is 5.56 Å². The highest BCUT2D eigenvalue weighted by molar-refractivity contribution is 5.93. The van der Waals surface area contributed by atoms with Crippen LogP contribution in [0.3, 0.4) is 0 Å². The van der Waals surface area contributed by atoms with E-state index < -0.39 is 18.1 Å². The molecule has 0 unspecified atom stereocenters. The highest BCUT2D eigenvalue weighted by atomic mass is 19.4. The maximum absolute atomic E-state index is 10.6. The van der Waals surface area contributed by atoms with Gasteiger partial charge >= 0.3 is 12.1 Å². The normalized spacial score (nSPS) is 9.67. The molecule has 0 bridgehead atoms. The molecule has 0 aliphatic rings. The van der Waals surface area contributed by atoms with Crippen LogP contribution in [-0.4, -0.2) is 23.2 Å². The van der Waals surface area contributed by atoms with E-state index in [-0.39, 0.29) is 0 Å². The number of benzene rings is 1. The zero-order valence-corrected chi connectivity index (χ0v) is 8.73. The molecule has 18 heavy (non-hydrogen) atoms. The van der Waals surface area contributed by atoms with Gasteiger partial charge in [0.2, 0.25) is 5.91 Å². The van der Waals surface area contributed by atoms with E-state index in [1.807, 2.05) is 6.07 Å². The maximum atomic E-state index is 10.6. The van der Waals surface area contributed by atoms with E-state index in [2.05, 4.69) is 0 Å². The van der Waals surface area contributed by atoms with Gasteiger partial charge in [0.1, 0.15) is 0 Å². The Morgan fingerprint density at radius 3 is 2.17 bits per heavy atom. The van der Waals surface area contributed by atoms with E-state index in [9.17, 15) is 18.0 Å². The topological polar surface area (TPSA) is 104 Å². The number of nitrogens with two attached hydrogens (primary N) is 1. The Labute approximate surface area is 99.2 Å². The summed E-state index contributed by atoms with van der Waals surface area (Å²) in [7, 11) is 0. The van der Waals surface area contributed by atoms with Crippen LogP contribution in [0.25, 0.3) is 0 Å². The molecule has 1 aromatic carbocycles. The van der Waals surface area contributed by atoms with Crippen molar-refractivity contribution in [3.05, 3.63) is 35.4 Å². The average molecular weight is 260 g/mol. The fraction of sp³-hybridized carbons (Fsp3) is 0.100. The molecule has 0 saturated heterocycles. The number of aliphatic carboxylic acids is 1. The molecule has 1 rings (SSSR count). The molecule has 0 aliphatic heterocycles. The molecule has 0 radical (unpaired) electrons. The van der Waals surface area contributed by atoms with Crippen molar-refractivity contribution in [1.29, 1.82) is 5.26 Å². The first-order valence-electron chi connectivity index (χ1n) is 4.28. The Kier molecular flexibility index (Phi) is 5.36. The van der Waals surface area contributed by atoms with Gasteiger partial charge in [-0.25, -0.2) is 4.79 Å². The third kappa shape index (κ3) is 5.50. The second-order valence-corrected chi connectivity index (χ2v) is 2.86. The Hall–Kier alpha value is -2.56. The third-order valence-electron chi connectivity index (χ3n) is 1.52. The summed E-state index contributed by atoms with van der Waals surface area (Å²) >= 11 is 0. The standard InChI is InChI=1S/C8H6N2O.C2HF3O2/c9-5-6-2-1-3-7(4-6)8(10)11;3-2(4,5)1(6)7/h1-4H,(H2,10,11);(H,6,7). The van der Waals surface area contributed by atoms with E-state index in [0.29, 0.717) is 11.1 Å². The first-order chi connectivity index (χ1) is 8.18. The number of alkyl halides is 3. The van der Waals surface area contributed by atoms with Crippen molar-refractivity contribution < 1.29 is 27.9 Å². The van der Waals surface area contributed by atoms with Crippen LogP contribution in [0, 0.1) is 11.3 Å². The van der Waals surface area contributed by atoms with Crippen molar-refractivity contribution in [3.8, 4) is 6.07 Å². The monoisotopic (exact) mass is 260 g/mol. The van der Waals surface area contributed by atoms with Gasteiger partial charge in [0.25, 0.3) is 0 Å². The fourth-order valence-corrected chi connectivity index (χ4v) is 0.742. The van der Waals surface area contributed by atoms with Gasteiger partial charge in [-0.05, 0) is 18.2 Å². The molecule has 3 N–H and O–H groups in total. The second-order valence-electron chi connectivity index (χ2n) is 2.86. The van der Waals surface area contributed by atoms with Crippen LogP contribution in [0.5, 0.6) is 0 Å². The largest absolute Gasteiger partial charge is 0.490 e. The minimum Gasteiger partial charge on any atom is -0.475 e. The Morgan fingerprint density at radius 2 is 1.83 bits per heavy atom. The number of carboxylic acids is 1. The first-order valence-corrected chi connectivity index (χ1v) is 4.28. The predicted molar refractivity (Wildman–Crippen MR) is 53.4 cm³/mol. The van der Waals surface area contributed by atoms with Crippen LogP contribution in [0.4, 0.5) is 13.2 Å². The molecule has 1 aromatic rings. The number of nitriles is 1. The van der Waals surface area contributed by atoms with Crippen molar-refractivity contribution >= 4 is 11.9 Å². The molecule has 0 fully saturated rings. The van der Waals surface area contributed by atoms with Crippen LogP contribution >= 0.6 is 0 Å². The van der Waals surface area contributed by atoms with Crippen molar-refractivity contribution in [2.75, 3.05) is 0 Å². The summed E-state index contributed by atoms with van der Waals surface area (Å²) in [5.74, 6) is -3.27. The number of hydrogen-bond donors (Lipinski definition) is 2. The van der Waals surface area contributed by atoms with Gasteiger partial charge < -0.3 is 10.8 Å². The molecule has 1 amide bonds. The summed E-state index contributed by atoms with van der Waals surface area (Å²) in [6, 6.07) is 8.19. The molecule has 96 valence electrons. The van der Waals surface area contributed by atoms with Crippen molar-refractivity contribution in [3.63, 3.8) is 0 Å². The summed E-state index contributed by atoms with van der Waals surface area (Å²) in [6.45, 7) is 0. The summed E-state index contributed by atoms with van der Waals surface area (Å²) in [5.41, 5.74) is 5.80. The van der Waals surface area contributed by atoms with Gasteiger partial charge in [0.15, 0.2) is 0 Å². The van der Waals surface area contributed by atoms with Gasteiger partial charge in [-0.15, -0.1) is 0 Å². The number of hydrogen-bond acceptors (Lipinski definition) is 3. The Balaban J connectivity index is 0.000000360. The predicted octanol–water partition coefficient (Wildman–Crippen LogP) is 1.29. The number of nitrogens with zero attached hydrogens (tertiary/aromatic N) is 1. The van der Waals surface area contributed by atoms with Crippen molar-refractivity contribution in [2.24, 2.45) is 5.73 Å². The Bertz CT molecular complexity index is 492. The second kappa shape index (κ2) is 6.24. The lowest BCUT2D eigenvalue weighted by Gasteiger charge is -1.93. The molecule has 8 heteroatoms. The molecule has 0 aliphatic carbocycles. The van der Waals surface area contributed by atoms with Crippen LogP contribution in [-0.2, 0) is 4.79 Å². The molecule has 5 nitrogen and oxygen atoms in total. The van der Waals surface area contributed by atoms with Gasteiger partial charge in [0.05, 0.1) is 11.6 Å². The molecule has 0 saturated carbocycles. The lowest BCUT2D eigenvalue weighted by molar-refractivity contribution is -0.192. The molecule has 0 heterocycles. The van der Waals surface area contributed by atoms with E-state index in [1.54, 1.807) is 18.2 Å². The van der Waals surface area contributed by atoms with E-state index in [0.717, 1.165) is 0 Å². The number of amides is 1. The summed E-state index contributed by atoms with van der Waals surface area (Å²) in [4.78, 5) is 19.5. The van der Waals surface area contributed by atoms with E-state index >= 15 is 0 Å². The average Bonchev–Trinajstić information content (AvgIpc) is 2.28. The molecule has 0 atom stereocenters. The van der Waals surface area contributed by atoms with E-state index in [4.69, 9.17) is 20.9 Å². The quantitative estimate of drug-likeness (QED) is 0.793. The molecule has 0 spiro atoms. The third-order valence-corrected chi connectivity index (χ3v) is 1.52. The Morgan fingerprint density at radius 1 is 1.33 bits per heavy atom. The highest BCUT2D eigenvalue weighted by Crippen LogP contribution is 2.13. The van der Waals surface area contributed by atoms with Gasteiger partial charge in [-0.2, -0.15) is 18.4 Å². The van der Waals surface area contributed by atoms with Gasteiger partial charge in [-0.3, -0.25) is 4.79 Å². The fourth-order valence-electron chi connectivity index (χ4n) is 0.742. The van der Waals surface area contributed by atoms with Crippen molar-refractivity contribution in [2.45, 2.75) is 6.18 Å². The van der Waals surface area contributed by atoms with E-state index in [1.165, 1.54) is 6.07 Å². The van der Waals surface area contributed by atoms with Crippen LogP contribution in [0.2, 0.25) is 0 Å². The molecule has 0 aromatic heterocycles. The number of carboxylic acid groups (broad SMARTS) is 1.